The van der Waals surface area contributed by atoms with Crippen LogP contribution in [0.4, 0.5) is 5.69 Å². The van der Waals surface area contributed by atoms with Gasteiger partial charge in [0.05, 0.1) is 4.34 Å². The lowest BCUT2D eigenvalue weighted by molar-refractivity contribution is 0.148. The maximum Gasteiger partial charge on any atom is 0.271 e. The smallest absolute Gasteiger partial charge is 0.271 e. The Labute approximate surface area is 151 Å². The molecule has 0 aliphatic carbocycles. The lowest BCUT2D eigenvalue weighted by Gasteiger charge is -2.32. The minimum atomic E-state index is -3.57. The van der Waals surface area contributed by atoms with Crippen LogP contribution in [0.2, 0.25) is 4.34 Å². The quantitative estimate of drug-likeness (QED) is 0.859. The number of nitrogens with one attached hydrogen (secondary N) is 1. The normalized spacial score (nSPS) is 17.1. The third-order valence-corrected chi connectivity index (χ3v) is 7.13. The molecule has 1 aliphatic rings. The molecule has 1 aliphatic heterocycles. The van der Waals surface area contributed by atoms with Gasteiger partial charge in [0.1, 0.15) is 4.21 Å². The number of anilines is 1. The number of hydrogen-bond donors (Lipinski definition) is 1. The van der Waals surface area contributed by atoms with Gasteiger partial charge in [0.15, 0.2) is 0 Å². The molecule has 1 saturated heterocycles. The molecule has 1 aromatic carbocycles. The van der Waals surface area contributed by atoms with Gasteiger partial charge < -0.3 is 4.90 Å². The van der Waals surface area contributed by atoms with Crippen molar-refractivity contribution < 1.29 is 8.42 Å². The van der Waals surface area contributed by atoms with Crippen LogP contribution in [0.1, 0.15) is 5.56 Å². The summed E-state index contributed by atoms with van der Waals surface area (Å²) in [5.74, 6) is 0. The molecule has 2 heterocycles. The number of thiophene rings is 1. The van der Waals surface area contributed by atoms with Crippen LogP contribution in [0.25, 0.3) is 0 Å². The summed E-state index contributed by atoms with van der Waals surface area (Å²) in [5, 5.41) is 0. The molecule has 0 radical (unpaired) electrons. The molecule has 1 fully saturated rings. The Morgan fingerprint density at radius 3 is 2.33 bits per heavy atom. The molecule has 1 N–H and O–H groups in total. The Balaban J connectivity index is 1.62. The van der Waals surface area contributed by atoms with E-state index in [1.807, 2.05) is 12.1 Å². The average molecular weight is 386 g/mol. The van der Waals surface area contributed by atoms with Crippen molar-refractivity contribution in [2.24, 2.45) is 0 Å². The Bertz CT molecular complexity index is 782. The van der Waals surface area contributed by atoms with Gasteiger partial charge in [0.25, 0.3) is 10.0 Å². The minimum Gasteiger partial charge on any atom is -0.304 e. The number of sulfonamides is 1. The van der Waals surface area contributed by atoms with Gasteiger partial charge >= 0.3 is 0 Å². The summed E-state index contributed by atoms with van der Waals surface area (Å²) >= 11 is 6.86. The molecule has 3 rings (SSSR count). The van der Waals surface area contributed by atoms with Crippen molar-refractivity contribution in [1.29, 1.82) is 0 Å². The van der Waals surface area contributed by atoms with Crippen LogP contribution in [0.15, 0.2) is 40.6 Å². The highest BCUT2D eigenvalue weighted by Crippen LogP contribution is 2.27. The Kier molecular flexibility index (Phi) is 5.46. The van der Waals surface area contributed by atoms with E-state index < -0.39 is 10.0 Å². The molecule has 5 nitrogen and oxygen atoms in total. The summed E-state index contributed by atoms with van der Waals surface area (Å²) in [6.07, 6.45) is 0. The highest BCUT2D eigenvalue weighted by molar-refractivity contribution is 7.94. The zero-order valence-electron chi connectivity index (χ0n) is 13.4. The average Bonchev–Trinajstić information content (AvgIpc) is 2.99. The lowest BCUT2D eigenvalue weighted by Crippen LogP contribution is -2.43. The van der Waals surface area contributed by atoms with E-state index in [-0.39, 0.29) is 4.21 Å². The number of halogens is 1. The summed E-state index contributed by atoms with van der Waals surface area (Å²) in [6, 6.07) is 10.6. The molecule has 0 amide bonds. The van der Waals surface area contributed by atoms with Crippen LogP contribution in [-0.2, 0) is 16.6 Å². The van der Waals surface area contributed by atoms with E-state index in [2.05, 4.69) is 21.6 Å². The van der Waals surface area contributed by atoms with Gasteiger partial charge in [-0.1, -0.05) is 23.7 Å². The molecular formula is C16H20ClN3O2S2. The second kappa shape index (κ2) is 7.41. The second-order valence-electron chi connectivity index (χ2n) is 5.94. The van der Waals surface area contributed by atoms with E-state index in [0.717, 1.165) is 44.1 Å². The summed E-state index contributed by atoms with van der Waals surface area (Å²) in [4.78, 5) is 4.73. The van der Waals surface area contributed by atoms with Gasteiger partial charge in [-0.3, -0.25) is 9.62 Å². The van der Waals surface area contributed by atoms with Crippen molar-refractivity contribution in [3.8, 4) is 0 Å². The number of rotatable bonds is 5. The summed E-state index contributed by atoms with van der Waals surface area (Å²) in [5.41, 5.74) is 1.74. The van der Waals surface area contributed by atoms with Gasteiger partial charge in [-0.2, -0.15) is 0 Å². The van der Waals surface area contributed by atoms with Gasteiger partial charge in [-0.15, -0.1) is 11.3 Å². The molecule has 1 aromatic heterocycles. The van der Waals surface area contributed by atoms with E-state index in [4.69, 9.17) is 11.6 Å². The van der Waals surface area contributed by atoms with Crippen molar-refractivity contribution in [3.63, 3.8) is 0 Å². The summed E-state index contributed by atoms with van der Waals surface area (Å²) < 4.78 is 27.8. The van der Waals surface area contributed by atoms with Crippen LogP contribution < -0.4 is 4.72 Å². The van der Waals surface area contributed by atoms with Crippen molar-refractivity contribution in [2.75, 3.05) is 37.9 Å². The van der Waals surface area contributed by atoms with E-state index in [9.17, 15) is 8.42 Å². The fourth-order valence-electron chi connectivity index (χ4n) is 2.59. The SMILES string of the molecule is CN1CCN(Cc2ccc(NS(=O)(=O)c3ccc(Cl)s3)cc2)CC1. The van der Waals surface area contributed by atoms with Crippen LogP contribution in [0.3, 0.4) is 0 Å². The zero-order chi connectivity index (χ0) is 17.2. The van der Waals surface area contributed by atoms with Gasteiger partial charge in [-0.25, -0.2) is 8.42 Å². The number of hydrogen-bond acceptors (Lipinski definition) is 5. The fraction of sp³-hybridized carbons (Fsp3) is 0.375. The Morgan fingerprint density at radius 2 is 1.75 bits per heavy atom. The maximum absolute atomic E-state index is 12.3. The van der Waals surface area contributed by atoms with Crippen LogP contribution in [0.5, 0.6) is 0 Å². The van der Waals surface area contributed by atoms with Crippen LogP contribution in [-0.4, -0.2) is 51.4 Å². The Hall–Kier alpha value is -1.12. The fourth-order valence-corrected chi connectivity index (χ4v) is 5.13. The highest BCUT2D eigenvalue weighted by atomic mass is 35.5. The molecule has 0 atom stereocenters. The topological polar surface area (TPSA) is 52.6 Å². The molecule has 130 valence electrons. The van der Waals surface area contributed by atoms with Crippen LogP contribution >= 0.6 is 22.9 Å². The molecule has 0 unspecified atom stereocenters. The van der Waals surface area contributed by atoms with Crippen LogP contribution in [0, 0.1) is 0 Å². The molecule has 2 aromatic rings. The largest absolute Gasteiger partial charge is 0.304 e. The number of nitrogens with zero attached hydrogens (tertiary/aromatic N) is 2. The first-order valence-electron chi connectivity index (χ1n) is 7.70. The standard InChI is InChI=1S/C16H20ClN3O2S2/c1-19-8-10-20(11-9-19)12-13-2-4-14(5-3-13)18-24(21,22)16-7-6-15(17)23-16/h2-7,18H,8-12H2,1H3. The van der Waals surface area contributed by atoms with E-state index in [1.54, 1.807) is 18.2 Å². The third-order valence-electron chi connectivity index (χ3n) is 4.02. The monoisotopic (exact) mass is 385 g/mol. The van der Waals surface area contributed by atoms with Gasteiger partial charge in [-0.05, 0) is 36.9 Å². The van der Waals surface area contributed by atoms with Gasteiger partial charge in [0, 0.05) is 38.4 Å². The lowest BCUT2D eigenvalue weighted by atomic mass is 10.2. The Morgan fingerprint density at radius 1 is 1.08 bits per heavy atom. The number of likely N-dealkylation sites (N-methyl/N-ethyl adjacent to an activating group) is 1. The van der Waals surface area contributed by atoms with Crippen molar-refractivity contribution in [2.45, 2.75) is 10.8 Å². The highest BCUT2D eigenvalue weighted by Gasteiger charge is 2.17. The summed E-state index contributed by atoms with van der Waals surface area (Å²) in [7, 11) is -1.43. The first-order valence-corrected chi connectivity index (χ1v) is 10.4. The third kappa shape index (κ3) is 4.49. The first-order chi connectivity index (χ1) is 11.4. The molecule has 24 heavy (non-hydrogen) atoms. The molecule has 0 spiro atoms. The predicted octanol–water partition coefficient (Wildman–Crippen LogP) is 2.95. The second-order valence-corrected chi connectivity index (χ2v) is 9.56. The first kappa shape index (κ1) is 17.7. The van der Waals surface area contributed by atoms with E-state index >= 15 is 0 Å². The van der Waals surface area contributed by atoms with E-state index in [1.165, 1.54) is 11.6 Å². The zero-order valence-corrected chi connectivity index (χ0v) is 15.8. The number of piperazine rings is 1. The number of benzene rings is 1. The molecule has 8 heteroatoms. The molecular weight excluding hydrogens is 366 g/mol. The summed E-state index contributed by atoms with van der Waals surface area (Å²) in [6.45, 7) is 5.18. The predicted molar refractivity (Wildman–Crippen MR) is 99.4 cm³/mol. The van der Waals surface area contributed by atoms with E-state index in [0.29, 0.717) is 10.0 Å². The van der Waals surface area contributed by atoms with Crippen molar-refractivity contribution >= 4 is 38.6 Å². The molecule has 0 saturated carbocycles. The minimum absolute atomic E-state index is 0.217. The molecule has 0 bridgehead atoms. The van der Waals surface area contributed by atoms with Gasteiger partial charge in [0.2, 0.25) is 0 Å². The van der Waals surface area contributed by atoms with Crippen molar-refractivity contribution in [3.05, 3.63) is 46.3 Å². The maximum atomic E-state index is 12.3. The van der Waals surface area contributed by atoms with Crippen molar-refractivity contribution in [1.82, 2.24) is 9.80 Å².